The molecule has 0 amide bonds. The first-order chi connectivity index (χ1) is 6.77. The first-order valence-electron chi connectivity index (χ1n) is 4.61. The Morgan fingerprint density at radius 1 is 1.36 bits per heavy atom. The lowest BCUT2D eigenvalue weighted by atomic mass is 10.3. The lowest BCUT2D eigenvalue weighted by Gasteiger charge is -2.20. The second-order valence-corrected chi connectivity index (χ2v) is 3.19. The van der Waals surface area contributed by atoms with Crippen molar-refractivity contribution in [2.45, 2.75) is 19.6 Å². The molecule has 0 unspecified atom stereocenters. The third-order valence-corrected chi connectivity index (χ3v) is 2.03. The number of Topliss-reactive ketones (excluding diaryl/α,β-unsaturated/α-hetero) is 1. The van der Waals surface area contributed by atoms with Gasteiger partial charge in [-0.25, -0.2) is 0 Å². The van der Waals surface area contributed by atoms with E-state index in [4.69, 9.17) is 13.9 Å². The summed E-state index contributed by atoms with van der Waals surface area (Å²) in [6, 6.07) is 3.35. The summed E-state index contributed by atoms with van der Waals surface area (Å²) >= 11 is 0. The predicted molar refractivity (Wildman–Crippen MR) is 48.0 cm³/mol. The highest BCUT2D eigenvalue weighted by molar-refractivity contribution is 5.91. The fraction of sp³-hybridized carbons (Fsp3) is 0.500. The quantitative estimate of drug-likeness (QED) is 0.678. The third-order valence-electron chi connectivity index (χ3n) is 2.03. The summed E-state index contributed by atoms with van der Waals surface area (Å²) in [5, 5.41) is 0. The van der Waals surface area contributed by atoms with Gasteiger partial charge in [0.15, 0.2) is 17.3 Å². The van der Waals surface area contributed by atoms with Gasteiger partial charge in [0.2, 0.25) is 6.29 Å². The van der Waals surface area contributed by atoms with E-state index >= 15 is 0 Å². The molecule has 1 aromatic rings. The van der Waals surface area contributed by atoms with Gasteiger partial charge in [0.05, 0.1) is 13.2 Å². The molecule has 0 aromatic carbocycles. The second-order valence-electron chi connectivity index (χ2n) is 3.19. The summed E-state index contributed by atoms with van der Waals surface area (Å²) in [7, 11) is 0. The smallest absolute Gasteiger partial charge is 0.217 e. The Labute approximate surface area is 81.8 Å². The summed E-state index contributed by atoms with van der Waals surface area (Å²) in [6.07, 6.45) is 0.452. The molecule has 1 aromatic heterocycles. The zero-order valence-corrected chi connectivity index (χ0v) is 7.99. The van der Waals surface area contributed by atoms with E-state index in [2.05, 4.69) is 0 Å². The molecule has 0 bridgehead atoms. The van der Waals surface area contributed by atoms with Crippen molar-refractivity contribution >= 4 is 5.78 Å². The van der Waals surface area contributed by atoms with Crippen LogP contribution in [0.15, 0.2) is 16.5 Å². The molecule has 0 atom stereocenters. The lowest BCUT2D eigenvalue weighted by Crippen LogP contribution is -2.17. The molecule has 0 aliphatic carbocycles. The van der Waals surface area contributed by atoms with Crippen molar-refractivity contribution in [3.05, 3.63) is 23.7 Å². The largest absolute Gasteiger partial charge is 0.453 e. The fourth-order valence-electron chi connectivity index (χ4n) is 1.32. The summed E-state index contributed by atoms with van der Waals surface area (Å²) in [6.45, 7) is 2.80. The zero-order chi connectivity index (χ0) is 9.97. The molecule has 4 nitrogen and oxygen atoms in total. The van der Waals surface area contributed by atoms with E-state index in [1.165, 1.54) is 6.92 Å². The van der Waals surface area contributed by atoms with Crippen LogP contribution >= 0.6 is 0 Å². The SMILES string of the molecule is CC(=O)c1ccc(C2OCCCO2)o1. The highest BCUT2D eigenvalue weighted by Gasteiger charge is 2.20. The van der Waals surface area contributed by atoms with Crippen LogP contribution in [0.1, 0.15) is 35.9 Å². The minimum absolute atomic E-state index is 0.0907. The Kier molecular flexibility index (Phi) is 2.65. The highest BCUT2D eigenvalue weighted by atomic mass is 16.7. The van der Waals surface area contributed by atoms with Crippen LogP contribution in [0.3, 0.4) is 0 Å². The average Bonchev–Trinajstić information content (AvgIpc) is 2.68. The van der Waals surface area contributed by atoms with E-state index in [1.807, 2.05) is 0 Å². The minimum atomic E-state index is -0.447. The first-order valence-corrected chi connectivity index (χ1v) is 4.61. The molecule has 76 valence electrons. The minimum Gasteiger partial charge on any atom is -0.453 e. The number of carbonyl (C=O) groups excluding carboxylic acids is 1. The molecule has 1 fully saturated rings. The van der Waals surface area contributed by atoms with Gasteiger partial charge in [-0.15, -0.1) is 0 Å². The maximum absolute atomic E-state index is 11.0. The van der Waals surface area contributed by atoms with E-state index < -0.39 is 6.29 Å². The number of ketones is 1. The Bertz CT molecular complexity index is 323. The molecule has 0 radical (unpaired) electrons. The standard InChI is InChI=1S/C10H12O4/c1-7(11)8-3-4-9(14-8)10-12-5-2-6-13-10/h3-4,10H,2,5-6H2,1H3. The number of ether oxygens (including phenoxy) is 2. The van der Waals surface area contributed by atoms with E-state index in [-0.39, 0.29) is 5.78 Å². The molecule has 4 heteroatoms. The van der Waals surface area contributed by atoms with Crippen molar-refractivity contribution in [3.63, 3.8) is 0 Å². The normalized spacial score (nSPS) is 18.4. The van der Waals surface area contributed by atoms with Crippen LogP contribution < -0.4 is 0 Å². The molecule has 2 rings (SSSR count). The zero-order valence-electron chi connectivity index (χ0n) is 7.99. The van der Waals surface area contributed by atoms with Crippen LogP contribution in [0.5, 0.6) is 0 Å². The van der Waals surface area contributed by atoms with Gasteiger partial charge in [0.1, 0.15) is 0 Å². The Morgan fingerprint density at radius 3 is 2.64 bits per heavy atom. The van der Waals surface area contributed by atoms with Crippen molar-refractivity contribution < 1.29 is 18.7 Å². The van der Waals surface area contributed by atoms with E-state index in [0.717, 1.165) is 6.42 Å². The van der Waals surface area contributed by atoms with Gasteiger partial charge in [-0.3, -0.25) is 4.79 Å². The van der Waals surface area contributed by atoms with Crippen molar-refractivity contribution in [3.8, 4) is 0 Å². The van der Waals surface area contributed by atoms with Gasteiger partial charge < -0.3 is 13.9 Å². The van der Waals surface area contributed by atoms with Gasteiger partial charge >= 0.3 is 0 Å². The maximum Gasteiger partial charge on any atom is 0.217 e. The summed E-state index contributed by atoms with van der Waals surface area (Å²) in [4.78, 5) is 11.0. The molecular weight excluding hydrogens is 184 g/mol. The monoisotopic (exact) mass is 196 g/mol. The number of hydrogen-bond acceptors (Lipinski definition) is 4. The van der Waals surface area contributed by atoms with E-state index in [9.17, 15) is 4.79 Å². The van der Waals surface area contributed by atoms with Gasteiger partial charge in [-0.1, -0.05) is 0 Å². The fourth-order valence-corrected chi connectivity index (χ4v) is 1.32. The predicted octanol–water partition coefficient (Wildman–Crippen LogP) is 1.92. The molecule has 14 heavy (non-hydrogen) atoms. The van der Waals surface area contributed by atoms with Crippen molar-refractivity contribution in [1.82, 2.24) is 0 Å². The van der Waals surface area contributed by atoms with E-state index in [1.54, 1.807) is 12.1 Å². The lowest BCUT2D eigenvalue weighted by molar-refractivity contribution is -0.191. The molecular formula is C10H12O4. The van der Waals surface area contributed by atoms with E-state index in [0.29, 0.717) is 24.7 Å². The molecule has 0 spiro atoms. The van der Waals surface area contributed by atoms with Crippen molar-refractivity contribution in [1.29, 1.82) is 0 Å². The third kappa shape index (κ3) is 1.86. The molecule has 1 aliphatic heterocycles. The van der Waals surface area contributed by atoms with Crippen LogP contribution in [-0.2, 0) is 9.47 Å². The van der Waals surface area contributed by atoms with Crippen LogP contribution in [-0.4, -0.2) is 19.0 Å². The summed E-state index contributed by atoms with van der Waals surface area (Å²) in [5.41, 5.74) is 0. The van der Waals surface area contributed by atoms with Crippen molar-refractivity contribution in [2.75, 3.05) is 13.2 Å². The molecule has 1 aliphatic rings. The number of hydrogen-bond donors (Lipinski definition) is 0. The molecule has 1 saturated heterocycles. The topological polar surface area (TPSA) is 48.7 Å². The van der Waals surface area contributed by atoms with Crippen LogP contribution in [0.4, 0.5) is 0 Å². The summed E-state index contributed by atoms with van der Waals surface area (Å²) in [5.74, 6) is 0.819. The second kappa shape index (κ2) is 3.94. The molecule has 2 heterocycles. The maximum atomic E-state index is 11.0. The van der Waals surface area contributed by atoms with Crippen LogP contribution in [0.2, 0.25) is 0 Å². The van der Waals surface area contributed by atoms with Crippen LogP contribution in [0.25, 0.3) is 0 Å². The number of carbonyl (C=O) groups is 1. The number of rotatable bonds is 2. The Morgan fingerprint density at radius 2 is 2.07 bits per heavy atom. The van der Waals surface area contributed by atoms with Gasteiger partial charge in [0.25, 0.3) is 0 Å². The summed E-state index contributed by atoms with van der Waals surface area (Å²) < 4.78 is 15.9. The molecule has 0 N–H and O–H groups in total. The average molecular weight is 196 g/mol. The Balaban J connectivity index is 2.11. The van der Waals surface area contributed by atoms with Gasteiger partial charge in [-0.2, -0.15) is 0 Å². The Hall–Kier alpha value is -1.13. The van der Waals surface area contributed by atoms with Crippen molar-refractivity contribution in [2.24, 2.45) is 0 Å². The van der Waals surface area contributed by atoms with Gasteiger partial charge in [-0.05, 0) is 18.6 Å². The number of furan rings is 1. The van der Waals surface area contributed by atoms with Crippen LogP contribution in [0, 0.1) is 0 Å². The molecule has 0 saturated carbocycles. The first kappa shape index (κ1) is 9.43. The van der Waals surface area contributed by atoms with Gasteiger partial charge in [0, 0.05) is 6.92 Å². The highest BCUT2D eigenvalue weighted by Crippen LogP contribution is 2.24.